The van der Waals surface area contributed by atoms with Crippen molar-refractivity contribution in [3.63, 3.8) is 0 Å². The monoisotopic (exact) mass is 392 g/mol. The molecule has 0 amide bonds. The average molecular weight is 393 g/mol. The zero-order chi connectivity index (χ0) is 19.9. The minimum Gasteiger partial charge on any atom is -0.381 e. The Kier molecular flexibility index (Phi) is 9.12. The van der Waals surface area contributed by atoms with E-state index in [-0.39, 0.29) is 0 Å². The molecule has 0 radical (unpaired) electrons. The van der Waals surface area contributed by atoms with Gasteiger partial charge in [-0.1, -0.05) is 27.7 Å². The molecule has 28 heavy (non-hydrogen) atoms. The van der Waals surface area contributed by atoms with Crippen molar-refractivity contribution in [2.75, 3.05) is 39.4 Å². The lowest BCUT2D eigenvalue weighted by Crippen LogP contribution is -2.42. The van der Waals surface area contributed by atoms with Crippen LogP contribution in [0.1, 0.15) is 79.1 Å². The minimum atomic E-state index is 0.773. The van der Waals surface area contributed by atoms with Crippen molar-refractivity contribution >= 4 is 0 Å². The van der Waals surface area contributed by atoms with E-state index in [1.165, 1.54) is 77.5 Å². The molecule has 0 bridgehead atoms. The van der Waals surface area contributed by atoms with Gasteiger partial charge in [0.15, 0.2) is 0 Å². The summed E-state index contributed by atoms with van der Waals surface area (Å²) in [7, 11) is 0. The first-order valence-electron chi connectivity index (χ1n) is 12.6. The minimum absolute atomic E-state index is 0.773. The van der Waals surface area contributed by atoms with E-state index in [1.807, 2.05) is 0 Å². The molecular weight excluding hydrogens is 344 g/mol. The van der Waals surface area contributed by atoms with Crippen molar-refractivity contribution in [2.24, 2.45) is 35.5 Å². The Bertz CT molecular complexity index is 426. The topological polar surface area (TPSA) is 24.5 Å². The first kappa shape index (κ1) is 22.6. The lowest BCUT2D eigenvalue weighted by molar-refractivity contribution is 0.0446. The van der Waals surface area contributed by atoms with Gasteiger partial charge in [0.2, 0.25) is 0 Å². The van der Waals surface area contributed by atoms with Gasteiger partial charge in [0.1, 0.15) is 0 Å². The van der Waals surface area contributed by atoms with Crippen molar-refractivity contribution < 1.29 is 4.74 Å². The van der Waals surface area contributed by atoms with Gasteiger partial charge in [0.05, 0.1) is 0 Å². The molecule has 0 spiro atoms. The van der Waals surface area contributed by atoms with E-state index in [2.05, 4.69) is 37.9 Å². The van der Waals surface area contributed by atoms with Crippen LogP contribution in [0.25, 0.3) is 0 Å². The van der Waals surface area contributed by atoms with Gasteiger partial charge in [-0.05, 0) is 113 Å². The van der Waals surface area contributed by atoms with Gasteiger partial charge in [-0.15, -0.1) is 0 Å². The molecule has 4 atom stereocenters. The first-order chi connectivity index (χ1) is 13.5. The predicted molar refractivity (Wildman–Crippen MR) is 120 cm³/mol. The number of nitrogens with zero attached hydrogens (tertiary/aromatic N) is 1. The lowest BCUT2D eigenvalue weighted by atomic mass is 9.77. The number of likely N-dealkylation sites (tertiary alicyclic amines) is 1. The predicted octanol–water partition coefficient (Wildman–Crippen LogP) is 5.20. The van der Waals surface area contributed by atoms with E-state index >= 15 is 0 Å². The molecule has 3 heteroatoms. The summed E-state index contributed by atoms with van der Waals surface area (Å²) in [5, 5.41) is 3.83. The molecule has 164 valence electrons. The Morgan fingerprint density at radius 1 is 0.857 bits per heavy atom. The standard InChI is InChI=1S/C25H48N2O/c1-19(2)24-5-11-26-25(18-24)17-21(4)22-7-13-27(14-8-22)12-6-20(3)23-9-15-28-16-10-23/h19-26H,5-18H2,1-4H3. The fourth-order valence-electron chi connectivity index (χ4n) is 6.12. The fourth-order valence-corrected chi connectivity index (χ4v) is 6.12. The lowest BCUT2D eigenvalue weighted by Gasteiger charge is -2.39. The van der Waals surface area contributed by atoms with Gasteiger partial charge in [0.25, 0.3) is 0 Å². The summed E-state index contributed by atoms with van der Waals surface area (Å²) >= 11 is 0. The second-order valence-corrected chi connectivity index (χ2v) is 10.8. The maximum Gasteiger partial charge on any atom is 0.0468 e. The maximum atomic E-state index is 5.54. The Morgan fingerprint density at radius 3 is 2.21 bits per heavy atom. The van der Waals surface area contributed by atoms with Crippen LogP contribution in [0.2, 0.25) is 0 Å². The summed E-state index contributed by atoms with van der Waals surface area (Å²) in [4.78, 5) is 2.76. The SMILES string of the molecule is CC(C)C1CCNC(CC(C)C2CCN(CCC(C)C3CCOCC3)CC2)C1. The smallest absolute Gasteiger partial charge is 0.0468 e. The van der Waals surface area contributed by atoms with Gasteiger partial charge >= 0.3 is 0 Å². The van der Waals surface area contributed by atoms with Crippen LogP contribution in [0, 0.1) is 35.5 Å². The number of rotatable bonds is 8. The summed E-state index contributed by atoms with van der Waals surface area (Å²) in [5.41, 5.74) is 0. The molecule has 3 saturated heterocycles. The van der Waals surface area contributed by atoms with Crippen LogP contribution in [0.3, 0.4) is 0 Å². The summed E-state index contributed by atoms with van der Waals surface area (Å²) < 4.78 is 5.54. The Morgan fingerprint density at radius 2 is 1.54 bits per heavy atom. The van der Waals surface area contributed by atoms with E-state index in [9.17, 15) is 0 Å². The Balaban J connectivity index is 1.33. The highest BCUT2D eigenvalue weighted by Gasteiger charge is 2.29. The summed E-state index contributed by atoms with van der Waals surface area (Å²) in [5.74, 6) is 5.40. The second-order valence-electron chi connectivity index (χ2n) is 10.8. The van der Waals surface area contributed by atoms with Gasteiger partial charge < -0.3 is 15.0 Å². The third kappa shape index (κ3) is 6.71. The largest absolute Gasteiger partial charge is 0.381 e. The van der Waals surface area contributed by atoms with Crippen molar-refractivity contribution in [2.45, 2.75) is 85.1 Å². The van der Waals surface area contributed by atoms with Gasteiger partial charge in [0, 0.05) is 19.3 Å². The molecule has 0 aromatic carbocycles. The number of nitrogens with one attached hydrogen (secondary N) is 1. The highest BCUT2D eigenvalue weighted by Crippen LogP contribution is 2.33. The first-order valence-corrected chi connectivity index (χ1v) is 12.6. The molecule has 0 aromatic rings. The van der Waals surface area contributed by atoms with Crippen LogP contribution in [0.4, 0.5) is 0 Å². The van der Waals surface area contributed by atoms with Crippen LogP contribution >= 0.6 is 0 Å². The number of hydrogen-bond acceptors (Lipinski definition) is 3. The summed E-state index contributed by atoms with van der Waals surface area (Å²) in [6, 6.07) is 0.773. The Labute approximate surface area is 175 Å². The highest BCUT2D eigenvalue weighted by atomic mass is 16.5. The quantitative estimate of drug-likeness (QED) is 0.614. The second kappa shape index (κ2) is 11.3. The van der Waals surface area contributed by atoms with Crippen LogP contribution in [0.15, 0.2) is 0 Å². The van der Waals surface area contributed by atoms with Crippen molar-refractivity contribution in [3.05, 3.63) is 0 Å². The molecule has 0 aliphatic carbocycles. The zero-order valence-corrected chi connectivity index (χ0v) is 19.3. The van der Waals surface area contributed by atoms with Crippen molar-refractivity contribution in [1.29, 1.82) is 0 Å². The molecule has 3 nitrogen and oxygen atoms in total. The van der Waals surface area contributed by atoms with Crippen LogP contribution in [-0.4, -0.2) is 50.3 Å². The molecule has 0 saturated carbocycles. The third-order valence-electron chi connectivity index (χ3n) is 8.54. The molecule has 3 heterocycles. The highest BCUT2D eigenvalue weighted by molar-refractivity contribution is 4.84. The summed E-state index contributed by atoms with van der Waals surface area (Å²) in [6.07, 6.45) is 11.0. The molecule has 4 unspecified atom stereocenters. The molecule has 3 fully saturated rings. The van der Waals surface area contributed by atoms with Crippen LogP contribution in [-0.2, 0) is 4.74 Å². The van der Waals surface area contributed by atoms with Gasteiger partial charge in [-0.25, -0.2) is 0 Å². The fraction of sp³-hybridized carbons (Fsp3) is 1.00. The maximum absolute atomic E-state index is 5.54. The van der Waals surface area contributed by atoms with E-state index in [0.29, 0.717) is 0 Å². The third-order valence-corrected chi connectivity index (χ3v) is 8.54. The van der Waals surface area contributed by atoms with Crippen molar-refractivity contribution in [3.8, 4) is 0 Å². The van der Waals surface area contributed by atoms with E-state index in [0.717, 1.165) is 54.8 Å². The number of piperidine rings is 2. The number of hydrogen-bond donors (Lipinski definition) is 1. The number of ether oxygens (including phenoxy) is 1. The van der Waals surface area contributed by atoms with E-state index in [1.54, 1.807) is 0 Å². The summed E-state index contributed by atoms with van der Waals surface area (Å²) in [6.45, 7) is 17.1. The van der Waals surface area contributed by atoms with Crippen LogP contribution in [0.5, 0.6) is 0 Å². The molecule has 0 aromatic heterocycles. The normalized spacial score (nSPS) is 31.2. The zero-order valence-electron chi connectivity index (χ0n) is 19.3. The molecular formula is C25H48N2O. The Hall–Kier alpha value is -0.120. The van der Waals surface area contributed by atoms with E-state index < -0.39 is 0 Å². The molecule has 3 aliphatic rings. The average Bonchev–Trinajstić information content (AvgIpc) is 2.73. The molecule has 1 N–H and O–H groups in total. The van der Waals surface area contributed by atoms with Crippen molar-refractivity contribution in [1.82, 2.24) is 10.2 Å². The van der Waals surface area contributed by atoms with Gasteiger partial charge in [-0.3, -0.25) is 0 Å². The molecule has 3 rings (SSSR count). The van der Waals surface area contributed by atoms with Gasteiger partial charge in [-0.2, -0.15) is 0 Å². The van der Waals surface area contributed by atoms with E-state index in [4.69, 9.17) is 4.74 Å². The van der Waals surface area contributed by atoms with Crippen LogP contribution < -0.4 is 5.32 Å². The molecule has 3 aliphatic heterocycles.